The molecule has 6 nitrogen and oxygen atoms in total. The van der Waals surface area contributed by atoms with Crippen LogP contribution in [-0.4, -0.2) is 19.9 Å². The van der Waals surface area contributed by atoms with Gasteiger partial charge in [-0.25, -0.2) is 0 Å². The molecule has 0 N–H and O–H groups in total. The molecule has 4 aliphatic heterocycles. The van der Waals surface area contributed by atoms with Crippen LogP contribution in [0.15, 0.2) is 211 Å². The Morgan fingerprint density at radius 3 is 1.75 bits per heavy atom. The first-order chi connectivity index (χ1) is 44.1. The summed E-state index contributed by atoms with van der Waals surface area (Å²) in [5, 5.41) is 3.54. The number of ether oxygens (including phenoxy) is 2. The van der Waals surface area contributed by atoms with E-state index in [0.717, 1.165) is 85.0 Å². The largest absolute Gasteiger partial charge is 0.486 e. The highest BCUT2D eigenvalue weighted by Gasteiger charge is 2.49. The van der Waals surface area contributed by atoms with Crippen LogP contribution in [0.1, 0.15) is 128 Å². The van der Waals surface area contributed by atoms with Gasteiger partial charge in [0, 0.05) is 73.0 Å². The Balaban J connectivity index is 0.980. The molecule has 0 saturated carbocycles. The molecule has 0 amide bonds. The van der Waals surface area contributed by atoms with E-state index in [1.165, 1.54) is 93.9 Å². The molecule has 92 heavy (non-hydrogen) atoms. The van der Waals surface area contributed by atoms with Crippen molar-refractivity contribution in [3.05, 3.63) is 251 Å². The van der Waals surface area contributed by atoms with Crippen molar-refractivity contribution in [1.82, 2.24) is 0 Å². The average Bonchev–Trinajstić information content (AvgIpc) is 1.03. The Kier molecular flexibility index (Phi) is 11.2. The molecule has 1 unspecified atom stereocenters. The lowest BCUT2D eigenvalue weighted by molar-refractivity contribution is 0.172. The molecule has 6 aliphatic rings. The summed E-state index contributed by atoms with van der Waals surface area (Å²) in [6.45, 7) is 29.2. The zero-order valence-corrected chi connectivity index (χ0v) is 54.7. The Bertz CT molecular complexity index is 5170. The third-order valence-corrected chi connectivity index (χ3v) is 21.6. The number of hydrogen-bond donors (Lipinski definition) is 0. The molecule has 0 spiro atoms. The molecule has 0 radical (unpaired) electrons. The number of rotatable bonds is 3. The van der Waals surface area contributed by atoms with Crippen LogP contribution in [0.25, 0.3) is 55.3 Å². The summed E-state index contributed by atoms with van der Waals surface area (Å²) in [6.07, 6.45) is 0. The van der Waals surface area contributed by atoms with Gasteiger partial charge in [-0.3, -0.25) is 0 Å². The number of nitrogens with zero attached hydrogens (tertiary/aromatic N) is 3. The van der Waals surface area contributed by atoms with Crippen molar-refractivity contribution < 1.29 is 13.9 Å². The highest BCUT2D eigenvalue weighted by atomic mass is 16.6. The fourth-order valence-electron chi connectivity index (χ4n) is 16.9. The fraction of sp³-hybridized carbons (Fsp3) is 0.224. The van der Waals surface area contributed by atoms with Gasteiger partial charge in [-0.2, -0.15) is 0 Å². The monoisotopic (exact) mass is 1200 g/mol. The molecule has 5 heterocycles. The van der Waals surface area contributed by atoms with Crippen molar-refractivity contribution in [3.63, 3.8) is 0 Å². The standard InChI is InChI=1S/C85H74BN3O3/c1-81(2,3)51-26-29-53(30-27-51)88-70-36-28-52(82(4,5)6)41-68(70)86-69-47-77-78(91-38-37-90-77)48-72(69)89-55-32-35-63(83(7,8)9)66(43-55)85(12)62-23-17-16-22-61(62)79-60-21-15-14-20-59(60)71(46-67(79)85)87(56-44-73(88)80(86)74(89)45-56)54-31-34-58-57-33-25-50(39-64(57)84(10,11)65(58)42-54)76-40-49-19-13-18-24-75(49)92-76/h13-36,39-48H,37-38H2,1-12H3. The lowest BCUT2D eigenvalue weighted by atomic mass is 9.33. The minimum atomic E-state index is -0.591. The molecular weight excluding hydrogens is 1120 g/mol. The van der Waals surface area contributed by atoms with Gasteiger partial charge < -0.3 is 28.6 Å². The zero-order valence-electron chi connectivity index (χ0n) is 54.7. The van der Waals surface area contributed by atoms with Gasteiger partial charge in [-0.1, -0.05) is 191 Å². The van der Waals surface area contributed by atoms with Crippen molar-refractivity contribution in [3.8, 4) is 45.1 Å². The molecule has 1 aromatic heterocycles. The van der Waals surface area contributed by atoms with E-state index in [-0.39, 0.29) is 28.4 Å². The number of furan rings is 1. The molecule has 11 aromatic carbocycles. The second-order valence-corrected chi connectivity index (χ2v) is 30.5. The van der Waals surface area contributed by atoms with E-state index >= 15 is 0 Å². The molecule has 450 valence electrons. The van der Waals surface area contributed by atoms with Crippen LogP contribution in [0, 0.1) is 0 Å². The van der Waals surface area contributed by atoms with Crippen molar-refractivity contribution in [2.45, 2.75) is 110 Å². The molecule has 18 rings (SSSR count). The third kappa shape index (κ3) is 7.68. The van der Waals surface area contributed by atoms with Gasteiger partial charge in [-0.15, -0.1) is 0 Å². The van der Waals surface area contributed by atoms with Crippen molar-refractivity contribution in [1.29, 1.82) is 0 Å². The first-order valence-corrected chi connectivity index (χ1v) is 33.0. The van der Waals surface area contributed by atoms with Crippen LogP contribution in [-0.2, 0) is 27.1 Å². The molecule has 0 fully saturated rings. The maximum absolute atomic E-state index is 6.68. The second kappa shape index (κ2) is 18.7. The third-order valence-electron chi connectivity index (χ3n) is 21.6. The van der Waals surface area contributed by atoms with Crippen LogP contribution in [0.2, 0.25) is 0 Å². The molecule has 12 aromatic rings. The number of hydrogen-bond acceptors (Lipinski definition) is 6. The number of para-hydroxylation sites is 1. The normalized spacial score (nSPS) is 16.8. The van der Waals surface area contributed by atoms with Crippen LogP contribution < -0.4 is 40.6 Å². The van der Waals surface area contributed by atoms with Gasteiger partial charge in [0.2, 0.25) is 0 Å². The predicted molar refractivity (Wildman–Crippen MR) is 384 cm³/mol. The number of fused-ring (bicyclic) bond motifs is 22. The number of benzene rings is 11. The summed E-state index contributed by atoms with van der Waals surface area (Å²) in [4.78, 5) is 7.82. The molecule has 7 heteroatoms. The SMILES string of the molecule is CC(C)(C)c1ccc(N2c3ccc(C(C)(C)C)cc3B3c4cc5c(cc4N4c6ccc(C(C)(C)C)c(c6)C6(C)c7ccccc7-c7c6cc(c6ccccc76)N(c6ccc7c(c6)C(C)(C)c6cc(-c8cc9ccccc9o8)ccc6-7)c6cc2c3c4c6)OCCO5)cc1. The van der Waals surface area contributed by atoms with Gasteiger partial charge in [0.05, 0.1) is 11.4 Å². The van der Waals surface area contributed by atoms with Gasteiger partial charge in [-0.05, 0) is 197 Å². The minimum absolute atomic E-state index is 0.0369. The first-order valence-electron chi connectivity index (χ1n) is 33.0. The van der Waals surface area contributed by atoms with E-state index in [9.17, 15) is 0 Å². The first kappa shape index (κ1) is 55.2. The van der Waals surface area contributed by atoms with Crippen molar-refractivity contribution in [2.75, 3.05) is 27.9 Å². The molecule has 1 atom stereocenters. The van der Waals surface area contributed by atoms with Gasteiger partial charge in [0.1, 0.15) is 24.6 Å². The summed E-state index contributed by atoms with van der Waals surface area (Å²) in [5.41, 5.74) is 29.9. The lowest BCUT2D eigenvalue weighted by Gasteiger charge is -2.46. The molecule has 2 aliphatic carbocycles. The van der Waals surface area contributed by atoms with Crippen LogP contribution in [0.3, 0.4) is 0 Å². The summed E-state index contributed by atoms with van der Waals surface area (Å²) >= 11 is 0. The van der Waals surface area contributed by atoms with Crippen molar-refractivity contribution >= 4 is 96.0 Å². The Hall–Kier alpha value is -9.72. The highest BCUT2D eigenvalue weighted by molar-refractivity contribution is 7.00. The zero-order chi connectivity index (χ0) is 62.9. The Morgan fingerprint density at radius 1 is 0.402 bits per heavy atom. The van der Waals surface area contributed by atoms with E-state index in [1.807, 2.05) is 6.07 Å². The quantitative estimate of drug-likeness (QED) is 0.164. The summed E-state index contributed by atoms with van der Waals surface area (Å²) < 4.78 is 19.9. The van der Waals surface area contributed by atoms with E-state index in [0.29, 0.717) is 13.2 Å². The van der Waals surface area contributed by atoms with Gasteiger partial charge in [0.15, 0.2) is 11.5 Å². The predicted octanol–water partition coefficient (Wildman–Crippen LogP) is 20.4. The minimum Gasteiger partial charge on any atom is -0.486 e. The maximum Gasteiger partial charge on any atom is 0.252 e. The number of anilines is 9. The van der Waals surface area contributed by atoms with Gasteiger partial charge in [0.25, 0.3) is 6.71 Å². The van der Waals surface area contributed by atoms with E-state index in [1.54, 1.807) is 0 Å². The van der Waals surface area contributed by atoms with E-state index in [2.05, 4.69) is 298 Å². The Morgan fingerprint density at radius 2 is 1.01 bits per heavy atom. The average molecular weight is 1200 g/mol. The summed E-state index contributed by atoms with van der Waals surface area (Å²) in [5.74, 6) is 2.44. The highest BCUT2D eigenvalue weighted by Crippen LogP contribution is 2.61. The topological polar surface area (TPSA) is 41.3 Å². The van der Waals surface area contributed by atoms with Gasteiger partial charge >= 0.3 is 0 Å². The van der Waals surface area contributed by atoms with Crippen molar-refractivity contribution in [2.24, 2.45) is 0 Å². The fourth-order valence-corrected chi connectivity index (χ4v) is 16.9. The molecular formula is C85H74BN3O3. The smallest absolute Gasteiger partial charge is 0.252 e. The van der Waals surface area contributed by atoms with Crippen LogP contribution in [0.4, 0.5) is 51.2 Å². The van der Waals surface area contributed by atoms with E-state index < -0.39 is 5.41 Å². The van der Waals surface area contributed by atoms with E-state index in [4.69, 9.17) is 13.9 Å². The van der Waals surface area contributed by atoms with Crippen LogP contribution >= 0.6 is 0 Å². The molecule has 6 bridgehead atoms. The Labute approximate surface area is 540 Å². The summed E-state index contributed by atoms with van der Waals surface area (Å²) in [6, 6.07) is 79.7. The lowest BCUT2D eigenvalue weighted by Crippen LogP contribution is -2.61. The van der Waals surface area contributed by atoms with Crippen LogP contribution in [0.5, 0.6) is 11.5 Å². The second-order valence-electron chi connectivity index (χ2n) is 30.5. The molecule has 0 saturated heterocycles. The maximum atomic E-state index is 6.68. The summed E-state index contributed by atoms with van der Waals surface area (Å²) in [7, 11) is 0.